The number of fused-ring (bicyclic) bond motifs is 2. The van der Waals surface area contributed by atoms with Crippen LogP contribution in [0.2, 0.25) is 0 Å². The van der Waals surface area contributed by atoms with Crippen molar-refractivity contribution in [2.24, 2.45) is 0 Å². The standard InChI is InChI=1S/C22H18FNS/c1-15(25-17-13-11-16(23)12-14-17)22-18-7-3-5-9-20(18)24(2)21-10-6-4-8-19(21)22/h3-14H,1-2H3. The molecule has 3 aromatic rings. The van der Waals surface area contributed by atoms with Gasteiger partial charge in [-0.1, -0.05) is 48.2 Å². The molecule has 0 atom stereocenters. The Labute approximate surface area is 151 Å². The Balaban J connectivity index is 1.88. The van der Waals surface area contributed by atoms with E-state index >= 15 is 0 Å². The summed E-state index contributed by atoms with van der Waals surface area (Å²) in [6.45, 7) is 2.14. The highest BCUT2D eigenvalue weighted by Crippen LogP contribution is 2.47. The molecule has 0 saturated carbocycles. The number of anilines is 2. The molecule has 0 aliphatic carbocycles. The topological polar surface area (TPSA) is 3.24 Å². The summed E-state index contributed by atoms with van der Waals surface area (Å²) in [6, 6.07) is 23.6. The van der Waals surface area contributed by atoms with Gasteiger partial charge >= 0.3 is 0 Å². The second-order valence-electron chi connectivity index (χ2n) is 6.08. The second kappa shape index (κ2) is 6.41. The zero-order valence-electron chi connectivity index (χ0n) is 14.2. The molecule has 1 heterocycles. The normalized spacial score (nSPS) is 12.6. The molecule has 0 saturated heterocycles. The van der Waals surface area contributed by atoms with Gasteiger partial charge in [0.15, 0.2) is 0 Å². The highest BCUT2D eigenvalue weighted by atomic mass is 32.2. The SMILES string of the molecule is CC(Sc1ccc(F)cc1)=C1c2ccccc2N(C)c2ccccc21. The summed E-state index contributed by atoms with van der Waals surface area (Å²) in [4.78, 5) is 4.49. The van der Waals surface area contributed by atoms with E-state index in [4.69, 9.17) is 0 Å². The average Bonchev–Trinajstić information content (AvgIpc) is 2.64. The van der Waals surface area contributed by atoms with Gasteiger partial charge in [-0.3, -0.25) is 0 Å². The van der Waals surface area contributed by atoms with Crippen LogP contribution in [0, 0.1) is 5.82 Å². The predicted octanol–water partition coefficient (Wildman–Crippen LogP) is 6.48. The Morgan fingerprint density at radius 3 is 1.88 bits per heavy atom. The van der Waals surface area contributed by atoms with Crippen LogP contribution in [0.4, 0.5) is 15.8 Å². The van der Waals surface area contributed by atoms with E-state index in [1.54, 1.807) is 11.8 Å². The first kappa shape index (κ1) is 16.0. The monoisotopic (exact) mass is 347 g/mol. The van der Waals surface area contributed by atoms with Crippen LogP contribution in [0.25, 0.3) is 5.57 Å². The summed E-state index contributed by atoms with van der Waals surface area (Å²) in [5, 5.41) is 0. The fourth-order valence-electron chi connectivity index (χ4n) is 3.34. The molecule has 0 aromatic heterocycles. The molecule has 0 amide bonds. The molecule has 0 spiro atoms. The van der Waals surface area contributed by atoms with Gasteiger partial charge in [0.05, 0.1) is 0 Å². The quantitative estimate of drug-likeness (QED) is 0.488. The van der Waals surface area contributed by atoms with Crippen molar-refractivity contribution in [1.82, 2.24) is 0 Å². The molecule has 124 valence electrons. The third-order valence-corrected chi connectivity index (χ3v) is 5.52. The molecule has 0 radical (unpaired) electrons. The minimum absolute atomic E-state index is 0.204. The minimum atomic E-state index is -0.204. The predicted molar refractivity (Wildman–Crippen MR) is 105 cm³/mol. The summed E-state index contributed by atoms with van der Waals surface area (Å²) in [6.07, 6.45) is 0. The van der Waals surface area contributed by atoms with Crippen molar-refractivity contribution in [3.8, 4) is 0 Å². The number of allylic oxidation sites excluding steroid dienone is 1. The highest BCUT2D eigenvalue weighted by Gasteiger charge is 2.25. The molecule has 0 bridgehead atoms. The Kier molecular flexibility index (Phi) is 4.10. The van der Waals surface area contributed by atoms with Crippen molar-refractivity contribution >= 4 is 28.7 Å². The van der Waals surface area contributed by atoms with Crippen molar-refractivity contribution in [3.63, 3.8) is 0 Å². The van der Waals surface area contributed by atoms with Crippen LogP contribution in [0.15, 0.2) is 82.6 Å². The lowest BCUT2D eigenvalue weighted by atomic mass is 9.90. The second-order valence-corrected chi connectivity index (χ2v) is 7.37. The van der Waals surface area contributed by atoms with Crippen LogP contribution in [-0.4, -0.2) is 7.05 Å². The largest absolute Gasteiger partial charge is 0.344 e. The van der Waals surface area contributed by atoms with Gasteiger partial charge in [0.1, 0.15) is 5.82 Å². The van der Waals surface area contributed by atoms with Gasteiger partial charge in [0.2, 0.25) is 0 Å². The zero-order valence-corrected chi connectivity index (χ0v) is 15.0. The highest BCUT2D eigenvalue weighted by molar-refractivity contribution is 8.03. The molecule has 0 N–H and O–H groups in total. The number of benzene rings is 3. The summed E-state index contributed by atoms with van der Waals surface area (Å²) in [7, 11) is 2.11. The van der Waals surface area contributed by atoms with Crippen LogP contribution in [-0.2, 0) is 0 Å². The lowest BCUT2D eigenvalue weighted by Crippen LogP contribution is -2.18. The minimum Gasteiger partial charge on any atom is -0.344 e. The number of nitrogens with zero attached hydrogens (tertiary/aromatic N) is 1. The van der Waals surface area contributed by atoms with Gasteiger partial charge in [-0.15, -0.1) is 0 Å². The van der Waals surface area contributed by atoms with E-state index in [0.717, 1.165) is 4.90 Å². The van der Waals surface area contributed by atoms with Gasteiger partial charge in [-0.25, -0.2) is 4.39 Å². The number of hydrogen-bond acceptors (Lipinski definition) is 2. The smallest absolute Gasteiger partial charge is 0.123 e. The molecule has 1 aliphatic rings. The summed E-state index contributed by atoms with van der Waals surface area (Å²) >= 11 is 1.68. The molecule has 3 heteroatoms. The fraction of sp³-hybridized carbons (Fsp3) is 0.0909. The van der Waals surface area contributed by atoms with Crippen LogP contribution in [0.5, 0.6) is 0 Å². The fourth-order valence-corrected chi connectivity index (χ4v) is 4.29. The summed E-state index contributed by atoms with van der Waals surface area (Å²) in [5.74, 6) is -0.204. The van der Waals surface area contributed by atoms with Gasteiger partial charge in [-0.05, 0) is 48.2 Å². The number of halogens is 1. The Morgan fingerprint density at radius 2 is 1.32 bits per heavy atom. The van der Waals surface area contributed by atoms with E-state index in [1.807, 2.05) is 12.1 Å². The molecule has 1 nitrogen and oxygen atoms in total. The van der Waals surface area contributed by atoms with E-state index in [9.17, 15) is 4.39 Å². The molecule has 0 fully saturated rings. The van der Waals surface area contributed by atoms with Gasteiger partial charge in [0, 0.05) is 40.0 Å². The third kappa shape index (κ3) is 2.85. The maximum Gasteiger partial charge on any atom is 0.123 e. The molecule has 25 heavy (non-hydrogen) atoms. The average molecular weight is 347 g/mol. The van der Waals surface area contributed by atoms with Gasteiger partial charge in [0.25, 0.3) is 0 Å². The number of rotatable bonds is 2. The number of para-hydroxylation sites is 2. The number of hydrogen-bond donors (Lipinski definition) is 0. The van der Waals surface area contributed by atoms with Crippen molar-refractivity contribution in [1.29, 1.82) is 0 Å². The first-order valence-corrected chi connectivity index (χ1v) is 9.03. The van der Waals surface area contributed by atoms with Gasteiger partial charge < -0.3 is 4.90 Å². The third-order valence-electron chi connectivity index (χ3n) is 4.51. The van der Waals surface area contributed by atoms with E-state index in [-0.39, 0.29) is 5.82 Å². The lowest BCUT2D eigenvalue weighted by Gasteiger charge is -2.32. The molecule has 1 aliphatic heterocycles. The summed E-state index contributed by atoms with van der Waals surface area (Å²) in [5.41, 5.74) is 6.12. The molecular weight excluding hydrogens is 329 g/mol. The van der Waals surface area contributed by atoms with Crippen LogP contribution in [0.3, 0.4) is 0 Å². The van der Waals surface area contributed by atoms with E-state index in [1.165, 1.54) is 45.1 Å². The van der Waals surface area contributed by atoms with Crippen LogP contribution >= 0.6 is 11.8 Å². The van der Waals surface area contributed by atoms with Crippen molar-refractivity contribution in [2.75, 3.05) is 11.9 Å². The first-order valence-electron chi connectivity index (χ1n) is 8.22. The maximum absolute atomic E-state index is 13.2. The van der Waals surface area contributed by atoms with Crippen LogP contribution < -0.4 is 4.90 Å². The molecule has 0 unspecified atom stereocenters. The molecular formula is C22H18FNS. The van der Waals surface area contributed by atoms with Crippen molar-refractivity contribution < 1.29 is 4.39 Å². The molecule has 3 aromatic carbocycles. The van der Waals surface area contributed by atoms with E-state index < -0.39 is 0 Å². The van der Waals surface area contributed by atoms with Crippen molar-refractivity contribution in [3.05, 3.63) is 94.6 Å². The maximum atomic E-state index is 13.2. The Bertz CT molecular complexity index is 910. The zero-order chi connectivity index (χ0) is 17.4. The van der Waals surface area contributed by atoms with Crippen LogP contribution in [0.1, 0.15) is 18.1 Å². The lowest BCUT2D eigenvalue weighted by molar-refractivity contribution is 0.626. The van der Waals surface area contributed by atoms with Gasteiger partial charge in [-0.2, -0.15) is 0 Å². The Hall–Kier alpha value is -2.52. The number of thioether (sulfide) groups is 1. The van der Waals surface area contributed by atoms with E-state index in [2.05, 4.69) is 67.4 Å². The first-order chi connectivity index (χ1) is 12.1. The summed E-state index contributed by atoms with van der Waals surface area (Å²) < 4.78 is 13.2. The van der Waals surface area contributed by atoms with E-state index in [0.29, 0.717) is 0 Å². The Morgan fingerprint density at radius 1 is 0.800 bits per heavy atom. The molecule has 4 rings (SSSR count). The van der Waals surface area contributed by atoms with Crippen molar-refractivity contribution in [2.45, 2.75) is 11.8 Å².